The second-order valence-electron chi connectivity index (χ2n) is 8.32. The second-order valence-corrected chi connectivity index (χ2v) is 8.32. The van der Waals surface area contributed by atoms with E-state index in [4.69, 9.17) is 25.9 Å². The number of morpholine rings is 1. The number of nitrogen functional groups attached to an aromatic ring is 2. The van der Waals surface area contributed by atoms with Crippen LogP contribution < -0.4 is 21.1 Å². The third kappa shape index (κ3) is 4.98. The number of amides is 1. The van der Waals surface area contributed by atoms with E-state index in [1.54, 1.807) is 12.3 Å². The van der Waals surface area contributed by atoms with Gasteiger partial charge in [0, 0.05) is 57.2 Å². The molecule has 32 heavy (non-hydrogen) atoms. The van der Waals surface area contributed by atoms with Crippen LogP contribution in [0.5, 0.6) is 5.88 Å². The van der Waals surface area contributed by atoms with Crippen molar-refractivity contribution in [3.05, 3.63) is 12.3 Å². The molecule has 2 aliphatic rings. The Morgan fingerprint density at radius 3 is 2.50 bits per heavy atom. The molecular formula is C21H30N8O3. The molecular weight excluding hydrogens is 412 g/mol. The zero-order chi connectivity index (χ0) is 22.7. The summed E-state index contributed by atoms with van der Waals surface area (Å²) < 4.78 is 11.7. The standard InChI is InChI=1S/C21H30N8O3/c1-13(2)19(30)28-5-3-14(4-6-28)32-17-11-16(15-12-24-20(23)27-18(15)22)25-21(26-17)29-7-9-31-10-8-29/h11-14H,3-10H2,1-2H3,(H4,22,23,24,27). The van der Waals surface area contributed by atoms with Crippen molar-refractivity contribution in [3.8, 4) is 17.1 Å². The van der Waals surface area contributed by atoms with E-state index in [1.165, 1.54) is 0 Å². The van der Waals surface area contributed by atoms with Gasteiger partial charge in [0.05, 0.1) is 24.5 Å². The SMILES string of the molecule is CC(C)C(=O)N1CCC(Oc2cc(-c3cnc(N)nc3N)nc(N3CCOCC3)n2)CC1. The van der Waals surface area contributed by atoms with E-state index < -0.39 is 0 Å². The van der Waals surface area contributed by atoms with Crippen LogP contribution in [-0.2, 0) is 9.53 Å². The summed E-state index contributed by atoms with van der Waals surface area (Å²) >= 11 is 0. The number of hydrogen-bond donors (Lipinski definition) is 2. The first-order chi connectivity index (χ1) is 15.4. The average molecular weight is 443 g/mol. The molecule has 0 aromatic carbocycles. The molecule has 2 aromatic heterocycles. The highest BCUT2D eigenvalue weighted by molar-refractivity contribution is 5.78. The Hall–Kier alpha value is -3.21. The Bertz CT molecular complexity index is 956. The van der Waals surface area contributed by atoms with Crippen LogP contribution in [0.3, 0.4) is 0 Å². The van der Waals surface area contributed by atoms with Gasteiger partial charge in [-0.3, -0.25) is 4.79 Å². The molecule has 4 heterocycles. The highest BCUT2D eigenvalue weighted by atomic mass is 16.5. The third-order valence-corrected chi connectivity index (χ3v) is 5.63. The largest absolute Gasteiger partial charge is 0.474 e. The van der Waals surface area contributed by atoms with Crippen molar-refractivity contribution in [2.45, 2.75) is 32.8 Å². The maximum atomic E-state index is 12.3. The van der Waals surface area contributed by atoms with Crippen molar-refractivity contribution in [2.75, 3.05) is 55.8 Å². The Morgan fingerprint density at radius 2 is 1.84 bits per heavy atom. The van der Waals surface area contributed by atoms with Crippen LogP contribution in [0.1, 0.15) is 26.7 Å². The summed E-state index contributed by atoms with van der Waals surface area (Å²) in [6.07, 6.45) is 3.02. The number of rotatable bonds is 5. The first-order valence-corrected chi connectivity index (χ1v) is 11.0. The maximum Gasteiger partial charge on any atom is 0.229 e. The molecule has 172 valence electrons. The molecule has 0 saturated carbocycles. The van der Waals surface area contributed by atoms with E-state index in [-0.39, 0.29) is 29.7 Å². The Labute approximate surface area is 187 Å². The van der Waals surface area contributed by atoms with Crippen LogP contribution >= 0.6 is 0 Å². The Kier molecular flexibility index (Phi) is 6.54. The molecule has 2 fully saturated rings. The van der Waals surface area contributed by atoms with E-state index in [2.05, 4.69) is 19.9 Å². The molecule has 4 rings (SSSR count). The van der Waals surface area contributed by atoms with E-state index in [0.717, 1.165) is 12.8 Å². The van der Waals surface area contributed by atoms with Gasteiger partial charge in [-0.2, -0.15) is 9.97 Å². The topological polar surface area (TPSA) is 146 Å². The van der Waals surface area contributed by atoms with Gasteiger partial charge in [-0.1, -0.05) is 13.8 Å². The molecule has 0 spiro atoms. The van der Waals surface area contributed by atoms with Crippen molar-refractivity contribution in [1.82, 2.24) is 24.8 Å². The van der Waals surface area contributed by atoms with Gasteiger partial charge in [0.25, 0.3) is 0 Å². The second kappa shape index (κ2) is 9.51. The summed E-state index contributed by atoms with van der Waals surface area (Å²) in [5.41, 5.74) is 12.9. The molecule has 0 unspecified atom stereocenters. The summed E-state index contributed by atoms with van der Waals surface area (Å²) in [6.45, 7) is 7.79. The van der Waals surface area contributed by atoms with E-state index in [1.807, 2.05) is 18.7 Å². The van der Waals surface area contributed by atoms with E-state index >= 15 is 0 Å². The van der Waals surface area contributed by atoms with Gasteiger partial charge in [-0.05, 0) is 0 Å². The Morgan fingerprint density at radius 1 is 1.12 bits per heavy atom. The minimum Gasteiger partial charge on any atom is -0.474 e. The van der Waals surface area contributed by atoms with Crippen molar-refractivity contribution in [3.63, 3.8) is 0 Å². The van der Waals surface area contributed by atoms with Gasteiger partial charge in [-0.15, -0.1) is 0 Å². The molecule has 11 nitrogen and oxygen atoms in total. The molecule has 4 N–H and O–H groups in total. The molecule has 1 amide bonds. The van der Waals surface area contributed by atoms with Crippen LogP contribution in [0, 0.1) is 5.92 Å². The number of piperidine rings is 1. The number of nitrogens with zero attached hydrogens (tertiary/aromatic N) is 6. The number of likely N-dealkylation sites (tertiary alicyclic amines) is 1. The lowest BCUT2D eigenvalue weighted by Crippen LogP contribution is -2.43. The fourth-order valence-electron chi connectivity index (χ4n) is 3.85. The molecule has 11 heteroatoms. The number of carbonyl (C=O) groups excluding carboxylic acids is 1. The van der Waals surface area contributed by atoms with Crippen molar-refractivity contribution in [2.24, 2.45) is 5.92 Å². The summed E-state index contributed by atoms with van der Waals surface area (Å²) in [5.74, 6) is 1.54. The van der Waals surface area contributed by atoms with Crippen molar-refractivity contribution < 1.29 is 14.3 Å². The Balaban J connectivity index is 1.56. The van der Waals surface area contributed by atoms with Gasteiger partial charge >= 0.3 is 0 Å². The zero-order valence-corrected chi connectivity index (χ0v) is 18.5. The summed E-state index contributed by atoms with van der Waals surface area (Å²) in [7, 11) is 0. The van der Waals surface area contributed by atoms with Gasteiger partial charge < -0.3 is 30.7 Å². The minimum absolute atomic E-state index is 0.000517. The van der Waals surface area contributed by atoms with Crippen LogP contribution in [0.15, 0.2) is 12.3 Å². The minimum atomic E-state index is -0.0356. The lowest BCUT2D eigenvalue weighted by Gasteiger charge is -2.33. The average Bonchev–Trinajstić information content (AvgIpc) is 2.79. The lowest BCUT2D eigenvalue weighted by atomic mass is 10.1. The van der Waals surface area contributed by atoms with Gasteiger partial charge in [0.1, 0.15) is 11.9 Å². The highest BCUT2D eigenvalue weighted by Crippen LogP contribution is 2.29. The predicted molar refractivity (Wildman–Crippen MR) is 120 cm³/mol. The summed E-state index contributed by atoms with van der Waals surface area (Å²) in [4.78, 5) is 33.7. The number of nitrogens with two attached hydrogens (primary N) is 2. The molecule has 0 bridgehead atoms. The van der Waals surface area contributed by atoms with Crippen molar-refractivity contribution >= 4 is 23.6 Å². The van der Waals surface area contributed by atoms with Gasteiger partial charge in [0.2, 0.25) is 23.7 Å². The van der Waals surface area contributed by atoms with E-state index in [0.29, 0.717) is 62.5 Å². The highest BCUT2D eigenvalue weighted by Gasteiger charge is 2.26. The normalized spacial score (nSPS) is 17.6. The summed E-state index contributed by atoms with van der Waals surface area (Å²) in [6, 6.07) is 1.75. The smallest absolute Gasteiger partial charge is 0.229 e. The fourth-order valence-corrected chi connectivity index (χ4v) is 3.85. The number of carbonyl (C=O) groups is 1. The predicted octanol–water partition coefficient (Wildman–Crippen LogP) is 0.960. The number of aromatic nitrogens is 4. The lowest BCUT2D eigenvalue weighted by molar-refractivity contribution is -0.136. The molecule has 0 radical (unpaired) electrons. The molecule has 0 aliphatic carbocycles. The van der Waals surface area contributed by atoms with Crippen LogP contribution in [-0.4, -0.2) is 76.2 Å². The van der Waals surface area contributed by atoms with Crippen molar-refractivity contribution in [1.29, 1.82) is 0 Å². The maximum absolute atomic E-state index is 12.3. The molecule has 2 aromatic rings. The number of anilines is 3. The van der Waals surface area contributed by atoms with Crippen LogP contribution in [0.2, 0.25) is 0 Å². The molecule has 2 saturated heterocycles. The molecule has 2 aliphatic heterocycles. The van der Waals surface area contributed by atoms with Crippen LogP contribution in [0.25, 0.3) is 11.3 Å². The number of ether oxygens (including phenoxy) is 2. The quantitative estimate of drug-likeness (QED) is 0.686. The first kappa shape index (κ1) is 22.0. The van der Waals surface area contributed by atoms with Crippen LogP contribution in [0.4, 0.5) is 17.7 Å². The van der Waals surface area contributed by atoms with Gasteiger partial charge in [0.15, 0.2) is 0 Å². The van der Waals surface area contributed by atoms with E-state index in [9.17, 15) is 4.79 Å². The first-order valence-electron chi connectivity index (χ1n) is 11.0. The monoisotopic (exact) mass is 442 g/mol. The fraction of sp³-hybridized carbons (Fsp3) is 0.571. The summed E-state index contributed by atoms with van der Waals surface area (Å²) in [5, 5.41) is 0. The number of hydrogen-bond acceptors (Lipinski definition) is 10. The third-order valence-electron chi connectivity index (χ3n) is 5.63. The molecule has 0 atom stereocenters. The van der Waals surface area contributed by atoms with Gasteiger partial charge in [-0.25, -0.2) is 9.97 Å². The zero-order valence-electron chi connectivity index (χ0n) is 18.5.